The molecule has 0 aromatic carbocycles. The maximum absolute atomic E-state index is 12.3. The predicted octanol–water partition coefficient (Wildman–Crippen LogP) is 1.55. The van der Waals surface area contributed by atoms with Crippen molar-refractivity contribution >= 4 is 17.6 Å². The van der Waals surface area contributed by atoms with E-state index in [4.69, 9.17) is 5.11 Å². The molecular formula is C13H16N2O3. The van der Waals surface area contributed by atoms with E-state index >= 15 is 0 Å². The van der Waals surface area contributed by atoms with Crippen LogP contribution in [0.1, 0.15) is 19.3 Å². The zero-order valence-electron chi connectivity index (χ0n) is 10.2. The van der Waals surface area contributed by atoms with Gasteiger partial charge in [-0.25, -0.2) is 0 Å². The molecule has 1 amide bonds. The minimum absolute atomic E-state index is 0.132. The van der Waals surface area contributed by atoms with Crippen LogP contribution in [0.25, 0.3) is 0 Å². The van der Waals surface area contributed by atoms with Crippen molar-refractivity contribution in [2.75, 3.05) is 11.9 Å². The molecule has 1 saturated carbocycles. The number of carboxylic acid groups (broad SMARTS) is 1. The highest BCUT2D eigenvalue weighted by molar-refractivity contribution is 5.96. The molecule has 0 saturated heterocycles. The molecule has 1 fully saturated rings. The second-order valence-electron chi connectivity index (χ2n) is 4.59. The third-order valence-electron chi connectivity index (χ3n) is 3.51. The Morgan fingerprint density at radius 1 is 1.39 bits per heavy atom. The van der Waals surface area contributed by atoms with E-state index in [0.717, 1.165) is 6.42 Å². The van der Waals surface area contributed by atoms with Gasteiger partial charge in [-0.05, 0) is 25.0 Å². The van der Waals surface area contributed by atoms with E-state index in [1.807, 2.05) is 0 Å². The van der Waals surface area contributed by atoms with Crippen molar-refractivity contribution in [1.82, 2.24) is 4.98 Å². The first-order chi connectivity index (χ1) is 8.61. The number of rotatable bonds is 3. The lowest BCUT2D eigenvalue weighted by Gasteiger charge is -2.23. The molecule has 1 heterocycles. The lowest BCUT2D eigenvalue weighted by Crippen LogP contribution is -2.36. The van der Waals surface area contributed by atoms with Crippen molar-refractivity contribution in [2.24, 2.45) is 11.8 Å². The van der Waals surface area contributed by atoms with E-state index in [1.165, 1.54) is 4.90 Å². The average Bonchev–Trinajstić information content (AvgIpc) is 2.87. The first kappa shape index (κ1) is 12.5. The Balaban J connectivity index is 2.14. The van der Waals surface area contributed by atoms with Crippen LogP contribution >= 0.6 is 0 Å². The number of nitrogens with zero attached hydrogens (tertiary/aromatic N) is 2. The molecule has 0 radical (unpaired) electrons. The number of hydrogen-bond donors (Lipinski definition) is 1. The number of carbonyl (C=O) groups excluding carboxylic acids is 1. The Labute approximate surface area is 105 Å². The van der Waals surface area contributed by atoms with Gasteiger partial charge in [0.05, 0.1) is 23.7 Å². The second-order valence-corrected chi connectivity index (χ2v) is 4.59. The van der Waals surface area contributed by atoms with Crippen molar-refractivity contribution in [3.63, 3.8) is 0 Å². The van der Waals surface area contributed by atoms with Gasteiger partial charge in [-0.1, -0.05) is 6.42 Å². The maximum Gasteiger partial charge on any atom is 0.307 e. The monoisotopic (exact) mass is 248 g/mol. The molecule has 5 nitrogen and oxygen atoms in total. The highest BCUT2D eigenvalue weighted by Crippen LogP contribution is 2.33. The van der Waals surface area contributed by atoms with Gasteiger partial charge in [0, 0.05) is 13.2 Å². The fourth-order valence-electron chi connectivity index (χ4n) is 2.48. The minimum Gasteiger partial charge on any atom is -0.481 e. The molecule has 1 N–H and O–H groups in total. The van der Waals surface area contributed by atoms with Gasteiger partial charge in [0.2, 0.25) is 5.91 Å². The van der Waals surface area contributed by atoms with Gasteiger partial charge in [0.25, 0.3) is 0 Å². The van der Waals surface area contributed by atoms with Gasteiger partial charge in [-0.2, -0.15) is 0 Å². The second kappa shape index (κ2) is 5.16. The molecule has 1 aliphatic carbocycles. The topological polar surface area (TPSA) is 70.5 Å². The standard InChI is InChI=1S/C13H16N2O3/c1-15(9-4-3-7-14-8-9)12(16)10-5-2-6-11(10)13(17)18/h3-4,7-8,10-11H,2,5-6H2,1H3,(H,17,18)/t10-,11+/m1/s1. The summed E-state index contributed by atoms with van der Waals surface area (Å²) in [5.74, 6) is -1.96. The Kier molecular flexibility index (Phi) is 3.60. The Hall–Kier alpha value is -1.91. The highest BCUT2D eigenvalue weighted by atomic mass is 16.4. The molecule has 0 bridgehead atoms. The lowest BCUT2D eigenvalue weighted by molar-refractivity contribution is -0.145. The van der Waals surface area contributed by atoms with Crippen LogP contribution in [0.3, 0.4) is 0 Å². The molecule has 96 valence electrons. The van der Waals surface area contributed by atoms with Crippen LogP contribution < -0.4 is 4.90 Å². The van der Waals surface area contributed by atoms with Crippen LogP contribution in [-0.2, 0) is 9.59 Å². The number of pyridine rings is 1. The van der Waals surface area contributed by atoms with E-state index in [2.05, 4.69) is 4.98 Å². The summed E-state index contributed by atoms with van der Waals surface area (Å²) in [6, 6.07) is 3.54. The maximum atomic E-state index is 12.3. The van der Waals surface area contributed by atoms with Crippen molar-refractivity contribution in [3.05, 3.63) is 24.5 Å². The number of carbonyl (C=O) groups is 2. The zero-order valence-corrected chi connectivity index (χ0v) is 10.2. The molecule has 2 atom stereocenters. The summed E-state index contributed by atoms with van der Waals surface area (Å²) in [4.78, 5) is 28.8. The molecule has 1 aromatic heterocycles. The smallest absolute Gasteiger partial charge is 0.307 e. The molecule has 2 rings (SSSR count). The van der Waals surface area contributed by atoms with E-state index in [0.29, 0.717) is 18.5 Å². The van der Waals surface area contributed by atoms with E-state index in [9.17, 15) is 9.59 Å². The summed E-state index contributed by atoms with van der Waals surface area (Å²) < 4.78 is 0. The van der Waals surface area contributed by atoms with Gasteiger partial charge in [-0.15, -0.1) is 0 Å². The number of hydrogen-bond acceptors (Lipinski definition) is 3. The number of aromatic nitrogens is 1. The molecule has 0 spiro atoms. The van der Waals surface area contributed by atoms with Gasteiger partial charge < -0.3 is 10.0 Å². The number of anilines is 1. The Morgan fingerprint density at radius 3 is 2.72 bits per heavy atom. The van der Waals surface area contributed by atoms with Crippen LogP contribution in [0.15, 0.2) is 24.5 Å². The summed E-state index contributed by atoms with van der Waals surface area (Å²) in [6.45, 7) is 0. The average molecular weight is 248 g/mol. The Morgan fingerprint density at radius 2 is 2.11 bits per heavy atom. The van der Waals surface area contributed by atoms with Gasteiger partial charge in [-0.3, -0.25) is 14.6 Å². The molecule has 1 aromatic rings. The van der Waals surface area contributed by atoms with E-state index < -0.39 is 17.8 Å². The zero-order chi connectivity index (χ0) is 13.1. The number of amides is 1. The molecule has 0 aliphatic heterocycles. The SMILES string of the molecule is CN(C(=O)[C@@H]1CCC[C@@H]1C(=O)O)c1cccnc1. The molecular weight excluding hydrogens is 232 g/mol. The Bertz CT molecular complexity index is 447. The third-order valence-corrected chi connectivity index (χ3v) is 3.51. The fraction of sp³-hybridized carbons (Fsp3) is 0.462. The summed E-state index contributed by atoms with van der Waals surface area (Å²) in [5.41, 5.74) is 0.693. The summed E-state index contributed by atoms with van der Waals surface area (Å²) >= 11 is 0. The van der Waals surface area contributed by atoms with Crippen LogP contribution in [0.2, 0.25) is 0 Å². The summed E-state index contributed by atoms with van der Waals surface area (Å²) in [7, 11) is 1.66. The largest absolute Gasteiger partial charge is 0.481 e. The third kappa shape index (κ3) is 2.34. The van der Waals surface area contributed by atoms with Crippen molar-refractivity contribution in [1.29, 1.82) is 0 Å². The predicted molar refractivity (Wildman–Crippen MR) is 66.1 cm³/mol. The van der Waals surface area contributed by atoms with Crippen LogP contribution in [0, 0.1) is 11.8 Å². The van der Waals surface area contributed by atoms with Crippen LogP contribution in [-0.4, -0.2) is 29.0 Å². The first-order valence-corrected chi connectivity index (χ1v) is 6.01. The van der Waals surface area contributed by atoms with Crippen molar-refractivity contribution in [3.8, 4) is 0 Å². The van der Waals surface area contributed by atoms with Crippen molar-refractivity contribution < 1.29 is 14.7 Å². The van der Waals surface area contributed by atoms with Crippen LogP contribution in [0.5, 0.6) is 0 Å². The fourth-order valence-corrected chi connectivity index (χ4v) is 2.48. The molecule has 1 aliphatic rings. The van der Waals surface area contributed by atoms with Gasteiger partial charge in [0.1, 0.15) is 0 Å². The van der Waals surface area contributed by atoms with E-state index in [1.54, 1.807) is 31.6 Å². The lowest BCUT2D eigenvalue weighted by atomic mass is 9.95. The molecule has 18 heavy (non-hydrogen) atoms. The van der Waals surface area contributed by atoms with Crippen molar-refractivity contribution in [2.45, 2.75) is 19.3 Å². The first-order valence-electron chi connectivity index (χ1n) is 6.01. The molecule has 5 heteroatoms. The number of carboxylic acids is 1. The summed E-state index contributed by atoms with van der Waals surface area (Å²) in [5, 5.41) is 9.10. The van der Waals surface area contributed by atoms with Gasteiger partial charge >= 0.3 is 5.97 Å². The highest BCUT2D eigenvalue weighted by Gasteiger charge is 2.39. The quantitative estimate of drug-likeness (QED) is 0.881. The molecule has 0 unspecified atom stereocenters. The van der Waals surface area contributed by atoms with E-state index in [-0.39, 0.29) is 5.91 Å². The summed E-state index contributed by atoms with van der Waals surface area (Å²) in [6.07, 6.45) is 5.28. The van der Waals surface area contributed by atoms with Crippen LogP contribution in [0.4, 0.5) is 5.69 Å². The minimum atomic E-state index is -0.870. The number of aliphatic carboxylic acids is 1. The normalized spacial score (nSPS) is 22.7. The van der Waals surface area contributed by atoms with Gasteiger partial charge in [0.15, 0.2) is 0 Å².